The Morgan fingerprint density at radius 3 is 2.60 bits per heavy atom. The van der Waals surface area contributed by atoms with E-state index in [0.29, 0.717) is 35.2 Å². The van der Waals surface area contributed by atoms with Crippen LogP contribution in [0.3, 0.4) is 0 Å². The van der Waals surface area contributed by atoms with Crippen molar-refractivity contribution in [2.45, 2.75) is 79.0 Å². The van der Waals surface area contributed by atoms with E-state index >= 15 is 0 Å². The van der Waals surface area contributed by atoms with Crippen LogP contribution in [-0.2, 0) is 4.74 Å². The summed E-state index contributed by atoms with van der Waals surface area (Å²) in [5.41, 5.74) is 3.35. The van der Waals surface area contributed by atoms with Crippen LogP contribution in [0.1, 0.15) is 63.1 Å². The van der Waals surface area contributed by atoms with Crippen LogP contribution in [0.25, 0.3) is 22.4 Å². The molecule has 0 bridgehead atoms. The Bertz CT molecular complexity index is 1320. The monoisotopic (exact) mass is 476 g/mol. The fraction of sp³-hybridized carbons (Fsp3) is 0.500. The lowest BCUT2D eigenvalue weighted by Crippen LogP contribution is -2.50. The molecule has 1 N–H and O–H groups in total. The van der Waals surface area contributed by atoms with Crippen LogP contribution < -0.4 is 10.2 Å². The summed E-state index contributed by atoms with van der Waals surface area (Å²) >= 11 is 0. The largest absolute Gasteiger partial charge is 0.444 e. The van der Waals surface area contributed by atoms with Gasteiger partial charge in [0.15, 0.2) is 5.82 Å². The Hall–Kier alpha value is -3.67. The Morgan fingerprint density at radius 2 is 2.00 bits per heavy atom. The van der Waals surface area contributed by atoms with Crippen molar-refractivity contribution in [2.24, 2.45) is 0 Å². The van der Waals surface area contributed by atoms with Gasteiger partial charge in [-0.3, -0.25) is 0 Å². The molecule has 184 valence electrons. The first-order chi connectivity index (χ1) is 16.5. The first-order valence-corrected chi connectivity index (χ1v) is 11.9. The van der Waals surface area contributed by atoms with Gasteiger partial charge in [0.1, 0.15) is 17.5 Å². The number of piperidine rings is 1. The van der Waals surface area contributed by atoms with E-state index in [0.717, 1.165) is 34.9 Å². The third-order valence-electron chi connectivity index (χ3n) is 6.21. The van der Waals surface area contributed by atoms with Gasteiger partial charge in [-0.1, -0.05) is 5.16 Å². The lowest BCUT2D eigenvalue weighted by atomic mass is 9.95. The number of carbonyl (C=O) groups is 1. The van der Waals surface area contributed by atoms with Crippen LogP contribution in [0.2, 0.25) is 0 Å². The van der Waals surface area contributed by atoms with Gasteiger partial charge in [-0.15, -0.1) is 0 Å². The molecule has 2 atom stereocenters. The van der Waals surface area contributed by atoms with E-state index < -0.39 is 11.7 Å². The number of rotatable bonds is 3. The van der Waals surface area contributed by atoms with E-state index in [9.17, 15) is 10.1 Å². The summed E-state index contributed by atoms with van der Waals surface area (Å²) in [5, 5.41) is 17.7. The number of aryl methyl sites for hydroxylation is 3. The molecule has 9 nitrogen and oxygen atoms in total. The predicted octanol–water partition coefficient (Wildman–Crippen LogP) is 4.96. The number of pyridine rings is 1. The molecule has 0 radical (unpaired) electrons. The molecule has 2 aromatic heterocycles. The highest BCUT2D eigenvalue weighted by Crippen LogP contribution is 2.39. The summed E-state index contributed by atoms with van der Waals surface area (Å²) in [6.45, 7) is 14.1. The van der Waals surface area contributed by atoms with E-state index in [1.54, 1.807) is 6.92 Å². The Kier molecular flexibility index (Phi) is 6.41. The zero-order valence-corrected chi connectivity index (χ0v) is 21.4. The summed E-state index contributed by atoms with van der Waals surface area (Å²) in [6, 6.07) is 6.24. The van der Waals surface area contributed by atoms with Crippen molar-refractivity contribution in [2.75, 3.05) is 11.4 Å². The zero-order valence-electron chi connectivity index (χ0n) is 21.4. The number of fused-ring (bicyclic) bond motifs is 1. The number of amides is 1. The van der Waals surface area contributed by atoms with Crippen LogP contribution in [0, 0.1) is 32.1 Å². The first kappa shape index (κ1) is 24.5. The van der Waals surface area contributed by atoms with Crippen molar-refractivity contribution in [3.8, 4) is 17.5 Å². The van der Waals surface area contributed by atoms with Gasteiger partial charge in [0, 0.05) is 24.0 Å². The predicted molar refractivity (Wildman–Crippen MR) is 133 cm³/mol. The molecule has 3 aromatic rings. The molecule has 1 saturated heterocycles. The van der Waals surface area contributed by atoms with Gasteiger partial charge in [0.2, 0.25) is 0 Å². The number of nitrogens with one attached hydrogen (secondary N) is 1. The van der Waals surface area contributed by atoms with Crippen LogP contribution in [0.15, 0.2) is 16.7 Å². The number of aromatic nitrogens is 3. The lowest BCUT2D eigenvalue weighted by molar-refractivity contribution is 0.0494. The van der Waals surface area contributed by atoms with Crippen LogP contribution >= 0.6 is 0 Å². The zero-order chi connectivity index (χ0) is 25.5. The van der Waals surface area contributed by atoms with Crippen molar-refractivity contribution in [1.82, 2.24) is 20.4 Å². The molecule has 1 fully saturated rings. The van der Waals surface area contributed by atoms with Gasteiger partial charge >= 0.3 is 6.09 Å². The topological polar surface area (TPSA) is 117 Å². The van der Waals surface area contributed by atoms with E-state index in [-0.39, 0.29) is 12.1 Å². The molecule has 1 aliphatic rings. The highest BCUT2D eigenvalue weighted by atomic mass is 16.6. The maximum absolute atomic E-state index is 12.3. The summed E-state index contributed by atoms with van der Waals surface area (Å²) in [4.78, 5) is 24.0. The molecular formula is C26H32N6O3. The van der Waals surface area contributed by atoms with Crippen molar-refractivity contribution >= 4 is 22.8 Å². The second-order valence-corrected chi connectivity index (χ2v) is 10.3. The minimum atomic E-state index is -0.545. The molecular weight excluding hydrogens is 444 g/mol. The Morgan fingerprint density at radius 1 is 1.26 bits per heavy atom. The molecule has 1 unspecified atom stereocenters. The summed E-state index contributed by atoms with van der Waals surface area (Å²) in [5.74, 6) is 1.66. The van der Waals surface area contributed by atoms with Gasteiger partial charge in [0.05, 0.1) is 16.6 Å². The SMILES string of the molecule is Cc1cc(C#N)c2nc(N3CCC(NC(=O)OC(C)(C)C)C[C@H]3C)c(-c3nc(C)no3)c(C)c2c1. The Labute approximate surface area is 205 Å². The third-order valence-corrected chi connectivity index (χ3v) is 6.21. The highest BCUT2D eigenvalue weighted by Gasteiger charge is 2.32. The number of anilines is 1. The van der Waals surface area contributed by atoms with Gasteiger partial charge in [0.25, 0.3) is 5.89 Å². The average molecular weight is 477 g/mol. The molecule has 0 aliphatic carbocycles. The van der Waals surface area contributed by atoms with E-state index in [1.165, 1.54) is 0 Å². The highest BCUT2D eigenvalue weighted by molar-refractivity contribution is 5.95. The van der Waals surface area contributed by atoms with Crippen molar-refractivity contribution in [3.63, 3.8) is 0 Å². The number of hydrogen-bond donors (Lipinski definition) is 1. The molecule has 0 spiro atoms. The van der Waals surface area contributed by atoms with Crippen LogP contribution in [0.4, 0.5) is 10.6 Å². The fourth-order valence-electron chi connectivity index (χ4n) is 4.69. The maximum Gasteiger partial charge on any atom is 0.407 e. The lowest BCUT2D eigenvalue weighted by Gasteiger charge is -2.39. The van der Waals surface area contributed by atoms with Gasteiger partial charge in [-0.25, -0.2) is 9.78 Å². The number of carbonyl (C=O) groups excluding carboxylic acids is 1. The van der Waals surface area contributed by atoms with E-state index in [2.05, 4.69) is 33.4 Å². The molecule has 9 heteroatoms. The average Bonchev–Trinajstić information content (AvgIpc) is 3.18. The number of ether oxygens (including phenoxy) is 1. The van der Waals surface area contributed by atoms with E-state index in [4.69, 9.17) is 14.2 Å². The van der Waals surface area contributed by atoms with Gasteiger partial charge < -0.3 is 19.5 Å². The van der Waals surface area contributed by atoms with Crippen molar-refractivity contribution in [3.05, 3.63) is 34.6 Å². The maximum atomic E-state index is 12.3. The van der Waals surface area contributed by atoms with E-state index in [1.807, 2.05) is 46.8 Å². The first-order valence-electron chi connectivity index (χ1n) is 11.9. The molecule has 1 aliphatic heterocycles. The van der Waals surface area contributed by atoms with Crippen molar-refractivity contribution < 1.29 is 14.1 Å². The molecule has 35 heavy (non-hydrogen) atoms. The molecule has 0 saturated carbocycles. The van der Waals surface area contributed by atoms with Crippen LogP contribution in [-0.4, -0.2) is 45.4 Å². The normalized spacial score (nSPS) is 18.4. The minimum Gasteiger partial charge on any atom is -0.444 e. The van der Waals surface area contributed by atoms with Gasteiger partial charge in [-0.2, -0.15) is 10.2 Å². The number of nitriles is 1. The molecule has 4 rings (SSSR count). The molecule has 3 heterocycles. The second-order valence-electron chi connectivity index (χ2n) is 10.3. The Balaban J connectivity index is 1.74. The third kappa shape index (κ3) is 5.06. The van der Waals surface area contributed by atoms with Gasteiger partial charge in [-0.05, 0) is 84.6 Å². The minimum absolute atomic E-state index is 0.0101. The quantitative estimate of drug-likeness (QED) is 0.563. The fourth-order valence-corrected chi connectivity index (χ4v) is 4.69. The number of benzene rings is 1. The number of hydrogen-bond acceptors (Lipinski definition) is 8. The smallest absolute Gasteiger partial charge is 0.407 e. The summed E-state index contributed by atoms with van der Waals surface area (Å²) < 4.78 is 11.0. The van der Waals surface area contributed by atoms with Crippen LogP contribution in [0.5, 0.6) is 0 Å². The molecule has 1 amide bonds. The number of nitrogens with zero attached hydrogens (tertiary/aromatic N) is 5. The van der Waals surface area contributed by atoms with Crippen molar-refractivity contribution in [1.29, 1.82) is 5.26 Å². The second kappa shape index (κ2) is 9.17. The standard InChI is InChI=1S/C26H32N6O3/c1-14-10-18(13-27)22-20(11-14)16(3)21(24-28-17(4)31-35-24)23(30-22)32-9-8-19(12-15(32)2)29-25(33)34-26(5,6)7/h10-11,15,19H,8-9,12H2,1-7H3,(H,29,33)/t15-,19?/m1/s1. The number of alkyl carbamates (subject to hydrolysis) is 1. The summed E-state index contributed by atoms with van der Waals surface area (Å²) in [7, 11) is 0. The molecule has 1 aromatic carbocycles. The summed E-state index contributed by atoms with van der Waals surface area (Å²) in [6.07, 6.45) is 1.04.